The first kappa shape index (κ1) is 37.0. The molecular weight excluding hydrogens is 527 g/mol. The van der Waals surface area contributed by atoms with Gasteiger partial charge in [0.1, 0.15) is 11.5 Å². The molecule has 40 heavy (non-hydrogen) atoms. The van der Waals surface area contributed by atoms with Crippen molar-refractivity contribution in [3.05, 3.63) is 59.7 Å². The molecule has 0 aliphatic carbocycles. The Labute approximate surface area is 268 Å². The van der Waals surface area contributed by atoms with E-state index in [0.29, 0.717) is 24.3 Å². The molecule has 0 amide bonds. The average molecular weight is 583 g/mol. The fourth-order valence-electron chi connectivity index (χ4n) is 4.86. The Morgan fingerprint density at radius 2 is 0.950 bits per heavy atom. The van der Waals surface area contributed by atoms with Gasteiger partial charge in [0.2, 0.25) is 5.44 Å². The summed E-state index contributed by atoms with van der Waals surface area (Å²) in [5, 5.41) is 0. The van der Waals surface area contributed by atoms with Crippen LogP contribution >= 0.6 is 0 Å². The van der Waals surface area contributed by atoms with Crippen molar-refractivity contribution in [1.29, 1.82) is 0 Å². The van der Waals surface area contributed by atoms with Gasteiger partial charge in [-0.15, -0.1) is 0 Å². The second-order valence-corrected chi connectivity index (χ2v) is 12.6. The predicted octanol–water partition coefficient (Wildman–Crippen LogP) is 9.54. The molecule has 0 aliphatic rings. The van der Waals surface area contributed by atoms with Crippen molar-refractivity contribution in [1.82, 2.24) is 0 Å². The number of hydrogen-bond acceptors (Lipinski definition) is 4. The number of hydrogen-bond donors (Lipinski definition) is 0. The standard InChI is InChI=1S/C34H54O4S.Na.H/c1-4-7-9-11-13-15-17-20-30-22-26-32(27-23-30)37-34(19-6-3)39(35,36)38-33-28-24-31(25-29-33)21-18-16-14-12-10-8-5-2;;/h22-29,34H,4-21H2,1-3H3;;. The second-order valence-electron chi connectivity index (χ2n) is 10.9. The summed E-state index contributed by atoms with van der Waals surface area (Å²) < 4.78 is 37.6. The van der Waals surface area contributed by atoms with Gasteiger partial charge in [-0.25, -0.2) is 0 Å². The van der Waals surface area contributed by atoms with E-state index in [2.05, 4.69) is 13.8 Å². The van der Waals surface area contributed by atoms with Gasteiger partial charge in [0.05, 0.1) is 0 Å². The maximum atomic E-state index is 13.1. The normalized spacial score (nSPS) is 12.1. The van der Waals surface area contributed by atoms with Crippen LogP contribution in [0.5, 0.6) is 11.5 Å². The zero-order valence-corrected chi connectivity index (χ0v) is 25.8. The van der Waals surface area contributed by atoms with E-state index < -0.39 is 15.6 Å². The van der Waals surface area contributed by atoms with Crippen LogP contribution in [0.1, 0.15) is 135 Å². The molecule has 0 spiro atoms. The number of aryl methyl sites for hydroxylation is 2. The van der Waals surface area contributed by atoms with Gasteiger partial charge >= 0.3 is 39.7 Å². The molecule has 2 aromatic carbocycles. The molecule has 0 saturated carbocycles. The quantitative estimate of drug-likeness (QED) is 0.0744. The van der Waals surface area contributed by atoms with Gasteiger partial charge in [-0.05, 0) is 61.1 Å². The molecule has 2 aromatic rings. The first-order valence-electron chi connectivity index (χ1n) is 15.8. The van der Waals surface area contributed by atoms with E-state index in [1.165, 1.54) is 94.6 Å². The molecule has 6 heteroatoms. The van der Waals surface area contributed by atoms with E-state index in [1.807, 2.05) is 43.3 Å². The van der Waals surface area contributed by atoms with E-state index in [1.54, 1.807) is 12.1 Å². The third kappa shape index (κ3) is 15.8. The van der Waals surface area contributed by atoms with Gasteiger partial charge < -0.3 is 8.92 Å². The molecule has 0 aromatic heterocycles. The summed E-state index contributed by atoms with van der Waals surface area (Å²) in [7, 11) is -3.94. The first-order valence-corrected chi connectivity index (χ1v) is 17.2. The molecule has 0 saturated heterocycles. The molecule has 0 bridgehead atoms. The molecule has 1 unspecified atom stereocenters. The van der Waals surface area contributed by atoms with Crippen LogP contribution in [0.2, 0.25) is 0 Å². The molecule has 0 heterocycles. The Bertz CT molecular complexity index is 974. The molecule has 4 nitrogen and oxygen atoms in total. The van der Waals surface area contributed by atoms with Crippen LogP contribution in [0.3, 0.4) is 0 Å². The van der Waals surface area contributed by atoms with Crippen LogP contribution in [0, 0.1) is 0 Å². The molecule has 222 valence electrons. The summed E-state index contributed by atoms with van der Waals surface area (Å²) >= 11 is 0. The van der Waals surface area contributed by atoms with Gasteiger partial charge in [-0.3, -0.25) is 0 Å². The fraction of sp³-hybridized carbons (Fsp3) is 0.647. The average Bonchev–Trinajstić information content (AvgIpc) is 2.93. The second kappa shape index (κ2) is 22.6. The Balaban J connectivity index is 0.00000800. The molecule has 1 atom stereocenters. The maximum absolute atomic E-state index is 13.1. The topological polar surface area (TPSA) is 52.6 Å². The summed E-state index contributed by atoms with van der Waals surface area (Å²) in [6.45, 7) is 6.44. The van der Waals surface area contributed by atoms with Crippen molar-refractivity contribution in [2.45, 2.75) is 142 Å². The van der Waals surface area contributed by atoms with Gasteiger partial charge in [0.25, 0.3) is 0 Å². The number of rotatable bonds is 23. The minimum absolute atomic E-state index is 0. The van der Waals surface area contributed by atoms with Crippen molar-refractivity contribution in [2.75, 3.05) is 0 Å². The van der Waals surface area contributed by atoms with E-state index in [4.69, 9.17) is 8.92 Å². The van der Waals surface area contributed by atoms with Crippen LogP contribution < -0.4 is 8.92 Å². The van der Waals surface area contributed by atoms with Gasteiger partial charge in [-0.1, -0.05) is 129 Å². The molecular formula is C34H55NaO4S. The summed E-state index contributed by atoms with van der Waals surface area (Å²) in [5.41, 5.74) is 1.44. The number of ether oxygens (including phenoxy) is 1. The zero-order valence-electron chi connectivity index (χ0n) is 25.0. The van der Waals surface area contributed by atoms with Crippen LogP contribution in [-0.2, 0) is 23.0 Å². The SMILES string of the molecule is CCCCCCCCCc1ccc(OC(CCC)S(=O)(=O)Oc2ccc(CCCCCCCCC)cc2)cc1.[NaH]. The summed E-state index contributed by atoms with van der Waals surface area (Å²) in [4.78, 5) is 0. The van der Waals surface area contributed by atoms with Crippen LogP contribution in [0.25, 0.3) is 0 Å². The van der Waals surface area contributed by atoms with Crippen molar-refractivity contribution >= 4 is 39.7 Å². The number of benzene rings is 2. The third-order valence-corrected chi connectivity index (χ3v) is 8.71. The third-order valence-electron chi connectivity index (χ3n) is 7.31. The predicted molar refractivity (Wildman–Crippen MR) is 172 cm³/mol. The molecule has 0 aliphatic heterocycles. The molecule has 2 rings (SSSR count). The molecule has 0 radical (unpaired) electrons. The van der Waals surface area contributed by atoms with Crippen molar-refractivity contribution in [3.8, 4) is 11.5 Å². The molecule has 0 N–H and O–H groups in total. The summed E-state index contributed by atoms with van der Waals surface area (Å²) in [5.74, 6) is 0.905. The first-order chi connectivity index (χ1) is 19.0. The van der Waals surface area contributed by atoms with Crippen molar-refractivity contribution in [3.63, 3.8) is 0 Å². The Hall–Kier alpha value is -1.01. The fourth-order valence-corrected chi connectivity index (χ4v) is 6.10. The van der Waals surface area contributed by atoms with E-state index in [0.717, 1.165) is 19.3 Å². The Morgan fingerprint density at radius 3 is 1.38 bits per heavy atom. The van der Waals surface area contributed by atoms with Crippen LogP contribution in [0.4, 0.5) is 0 Å². The van der Waals surface area contributed by atoms with Gasteiger partial charge in [0.15, 0.2) is 0 Å². The van der Waals surface area contributed by atoms with E-state index in [9.17, 15) is 8.42 Å². The monoisotopic (exact) mass is 582 g/mol. The van der Waals surface area contributed by atoms with Crippen LogP contribution in [0.15, 0.2) is 48.5 Å². The number of unbranched alkanes of at least 4 members (excludes halogenated alkanes) is 12. The Morgan fingerprint density at radius 1 is 0.550 bits per heavy atom. The van der Waals surface area contributed by atoms with E-state index >= 15 is 0 Å². The van der Waals surface area contributed by atoms with Gasteiger partial charge in [0, 0.05) is 6.42 Å². The van der Waals surface area contributed by atoms with E-state index in [-0.39, 0.29) is 29.6 Å². The van der Waals surface area contributed by atoms with Crippen molar-refractivity contribution in [2.24, 2.45) is 0 Å². The van der Waals surface area contributed by atoms with Gasteiger partial charge in [-0.2, -0.15) is 8.42 Å². The molecule has 0 fully saturated rings. The van der Waals surface area contributed by atoms with Crippen molar-refractivity contribution < 1.29 is 17.3 Å². The zero-order chi connectivity index (χ0) is 28.2. The Kier molecular flexibility index (Phi) is 20.9. The summed E-state index contributed by atoms with van der Waals surface area (Å²) in [6, 6.07) is 15.3. The van der Waals surface area contributed by atoms with Crippen LogP contribution in [-0.4, -0.2) is 43.4 Å². The minimum atomic E-state index is -3.94. The summed E-state index contributed by atoms with van der Waals surface area (Å²) in [6.07, 6.45) is 21.1.